The summed E-state index contributed by atoms with van der Waals surface area (Å²) >= 11 is 0. The summed E-state index contributed by atoms with van der Waals surface area (Å²) < 4.78 is 0. The highest BCUT2D eigenvalue weighted by molar-refractivity contribution is 4.50. The van der Waals surface area contributed by atoms with E-state index in [-0.39, 0.29) is 0 Å². The third-order valence-corrected chi connectivity index (χ3v) is 3.46. The van der Waals surface area contributed by atoms with Gasteiger partial charge in [0.05, 0.1) is 0 Å². The van der Waals surface area contributed by atoms with Crippen molar-refractivity contribution < 1.29 is 0 Å². The van der Waals surface area contributed by atoms with E-state index in [1.807, 2.05) is 0 Å². The van der Waals surface area contributed by atoms with E-state index in [0.29, 0.717) is 0 Å². The molecule has 17 heavy (non-hydrogen) atoms. The molecule has 0 atom stereocenters. The maximum absolute atomic E-state index is 3.63. The second-order valence-corrected chi connectivity index (χ2v) is 5.24. The highest BCUT2D eigenvalue weighted by Gasteiger charge is 1.93. The normalized spacial score (nSPS) is 10.9. The van der Waals surface area contributed by atoms with Gasteiger partial charge in [-0.3, -0.25) is 0 Å². The van der Waals surface area contributed by atoms with Crippen molar-refractivity contribution in [2.75, 3.05) is 6.54 Å². The lowest BCUT2D eigenvalue weighted by Crippen LogP contribution is -2.03. The summed E-state index contributed by atoms with van der Waals surface area (Å²) in [5.41, 5.74) is 0. The average molecular weight is 240 g/mol. The molecule has 0 aliphatic carbocycles. The van der Waals surface area contributed by atoms with E-state index in [1.54, 1.807) is 0 Å². The molecule has 0 aliphatic heterocycles. The molecule has 0 rings (SSSR count). The Bertz CT molecular complexity index is 109. The Kier molecular flexibility index (Phi) is 15.9. The van der Waals surface area contributed by atoms with E-state index < -0.39 is 0 Å². The maximum Gasteiger partial charge on any atom is 0.00767 e. The van der Waals surface area contributed by atoms with Crippen LogP contribution < -0.4 is 5.32 Å². The summed E-state index contributed by atoms with van der Waals surface area (Å²) in [5, 5.41) is 2.96. The quantitative estimate of drug-likeness (QED) is 0.398. The van der Waals surface area contributed by atoms with E-state index in [0.717, 1.165) is 6.54 Å². The highest BCUT2D eigenvalue weighted by atomic mass is 14.8. The van der Waals surface area contributed by atoms with Gasteiger partial charge >= 0.3 is 0 Å². The molecular weight excluding hydrogens is 206 g/mol. The Morgan fingerprint density at radius 3 is 1.29 bits per heavy atom. The number of hydrogen-bond donors (Lipinski definition) is 1. The fraction of sp³-hybridized carbons (Fsp3) is 0.938. The van der Waals surface area contributed by atoms with Crippen LogP contribution in [0.2, 0.25) is 0 Å². The van der Waals surface area contributed by atoms with Crippen molar-refractivity contribution in [2.24, 2.45) is 0 Å². The molecule has 0 aromatic heterocycles. The molecule has 0 saturated heterocycles. The van der Waals surface area contributed by atoms with Crippen LogP contribution in [-0.4, -0.2) is 6.54 Å². The summed E-state index contributed by atoms with van der Waals surface area (Å²) in [5.74, 6) is 0. The van der Waals surface area contributed by atoms with Gasteiger partial charge in [0.2, 0.25) is 0 Å². The van der Waals surface area contributed by atoms with Gasteiger partial charge in [-0.05, 0) is 13.0 Å². The van der Waals surface area contributed by atoms with Crippen molar-refractivity contribution in [3.63, 3.8) is 0 Å². The molecule has 0 fully saturated rings. The van der Waals surface area contributed by atoms with Crippen molar-refractivity contribution in [3.05, 3.63) is 7.05 Å². The fourth-order valence-electron chi connectivity index (χ4n) is 2.27. The first-order valence-corrected chi connectivity index (χ1v) is 7.91. The molecule has 0 aromatic carbocycles. The molecule has 0 unspecified atom stereocenters. The minimum Gasteiger partial charge on any atom is -0.315 e. The van der Waals surface area contributed by atoms with Crippen LogP contribution in [0.3, 0.4) is 0 Å². The zero-order valence-corrected chi connectivity index (χ0v) is 12.1. The summed E-state index contributed by atoms with van der Waals surface area (Å²) in [6.07, 6.45) is 18.5. The van der Waals surface area contributed by atoms with Crippen molar-refractivity contribution in [1.29, 1.82) is 0 Å². The van der Waals surface area contributed by atoms with Crippen LogP contribution in [0.1, 0.15) is 90.4 Å². The lowest BCUT2D eigenvalue weighted by atomic mass is 10.0. The minimum absolute atomic E-state index is 1.08. The number of unbranched alkanes of at least 4 members (excludes halogenated alkanes) is 12. The number of nitrogens with one attached hydrogen (secondary N) is 1. The van der Waals surface area contributed by atoms with Crippen LogP contribution in [-0.2, 0) is 0 Å². The second-order valence-electron chi connectivity index (χ2n) is 5.24. The van der Waals surface area contributed by atoms with E-state index in [9.17, 15) is 0 Å². The Morgan fingerprint density at radius 1 is 0.588 bits per heavy atom. The number of hydrogen-bond acceptors (Lipinski definition) is 1. The second kappa shape index (κ2) is 16.0. The van der Waals surface area contributed by atoms with E-state index >= 15 is 0 Å². The van der Waals surface area contributed by atoms with Crippen LogP contribution in [0.15, 0.2) is 0 Å². The topological polar surface area (TPSA) is 12.0 Å². The molecule has 1 N–H and O–H groups in total. The Balaban J connectivity index is 2.85. The first kappa shape index (κ1) is 17.0. The summed E-state index contributed by atoms with van der Waals surface area (Å²) in [6.45, 7) is 3.37. The van der Waals surface area contributed by atoms with Crippen molar-refractivity contribution in [3.8, 4) is 0 Å². The van der Waals surface area contributed by atoms with Crippen molar-refractivity contribution in [1.82, 2.24) is 5.32 Å². The molecular formula is C16H34N. The van der Waals surface area contributed by atoms with Crippen LogP contribution in [0.4, 0.5) is 0 Å². The predicted octanol–water partition coefficient (Wildman–Crippen LogP) is 5.46. The standard InChI is InChI=1S/C16H34N/c1-3-4-5-6-7-8-9-10-11-12-13-14-15-16-17-2/h17H,2-16H2,1H3. The van der Waals surface area contributed by atoms with Gasteiger partial charge in [-0.25, -0.2) is 0 Å². The minimum atomic E-state index is 1.08. The molecule has 1 heteroatoms. The van der Waals surface area contributed by atoms with Crippen LogP contribution in [0.25, 0.3) is 0 Å². The van der Waals surface area contributed by atoms with Gasteiger partial charge in [-0.15, -0.1) is 0 Å². The average Bonchev–Trinajstić information content (AvgIpc) is 2.35. The van der Waals surface area contributed by atoms with Crippen LogP contribution in [0, 0.1) is 7.05 Å². The molecule has 0 aromatic rings. The summed E-state index contributed by atoms with van der Waals surface area (Å²) in [6, 6.07) is 0. The van der Waals surface area contributed by atoms with E-state index in [4.69, 9.17) is 0 Å². The Hall–Kier alpha value is -0.0400. The lowest BCUT2D eigenvalue weighted by molar-refractivity contribution is 0.538. The SMILES string of the molecule is [CH2]NCCCCCCCCCCCCCCC. The molecule has 0 spiro atoms. The third kappa shape index (κ3) is 16.0. The molecule has 0 saturated carbocycles. The van der Waals surface area contributed by atoms with E-state index in [1.165, 1.54) is 83.5 Å². The first-order valence-electron chi connectivity index (χ1n) is 7.91. The smallest absolute Gasteiger partial charge is 0.00767 e. The van der Waals surface area contributed by atoms with Crippen LogP contribution >= 0.6 is 0 Å². The molecule has 0 bridgehead atoms. The zero-order valence-electron chi connectivity index (χ0n) is 12.1. The fourth-order valence-corrected chi connectivity index (χ4v) is 2.27. The van der Waals surface area contributed by atoms with Gasteiger partial charge in [0.15, 0.2) is 0 Å². The van der Waals surface area contributed by atoms with Gasteiger partial charge in [-0.2, -0.15) is 0 Å². The van der Waals surface area contributed by atoms with Crippen molar-refractivity contribution in [2.45, 2.75) is 90.4 Å². The first-order chi connectivity index (χ1) is 8.41. The molecule has 0 amide bonds. The van der Waals surface area contributed by atoms with Crippen molar-refractivity contribution >= 4 is 0 Å². The van der Waals surface area contributed by atoms with Gasteiger partial charge in [0, 0.05) is 7.05 Å². The third-order valence-electron chi connectivity index (χ3n) is 3.46. The zero-order chi connectivity index (χ0) is 12.6. The van der Waals surface area contributed by atoms with E-state index in [2.05, 4.69) is 19.3 Å². The summed E-state index contributed by atoms with van der Waals surface area (Å²) in [7, 11) is 3.63. The molecule has 0 aliphatic rings. The van der Waals surface area contributed by atoms with Crippen LogP contribution in [0.5, 0.6) is 0 Å². The number of rotatable bonds is 14. The molecule has 1 radical (unpaired) electrons. The van der Waals surface area contributed by atoms with Gasteiger partial charge in [0.1, 0.15) is 0 Å². The highest BCUT2D eigenvalue weighted by Crippen LogP contribution is 2.12. The molecule has 1 nitrogen and oxygen atoms in total. The molecule has 103 valence electrons. The molecule has 0 heterocycles. The Labute approximate surface area is 110 Å². The van der Waals surface area contributed by atoms with Gasteiger partial charge in [0.25, 0.3) is 0 Å². The van der Waals surface area contributed by atoms with Gasteiger partial charge in [-0.1, -0.05) is 84.0 Å². The lowest BCUT2D eigenvalue weighted by Gasteiger charge is -2.02. The largest absolute Gasteiger partial charge is 0.315 e. The van der Waals surface area contributed by atoms with Gasteiger partial charge < -0.3 is 5.32 Å². The summed E-state index contributed by atoms with van der Waals surface area (Å²) in [4.78, 5) is 0. The Morgan fingerprint density at radius 2 is 0.941 bits per heavy atom. The predicted molar refractivity (Wildman–Crippen MR) is 79.1 cm³/mol. The maximum atomic E-state index is 3.63. The monoisotopic (exact) mass is 240 g/mol.